The lowest BCUT2D eigenvalue weighted by Crippen LogP contribution is -2.51. The van der Waals surface area contributed by atoms with Crippen LogP contribution >= 0.6 is 0 Å². The highest BCUT2D eigenvalue weighted by Crippen LogP contribution is 2.27. The van der Waals surface area contributed by atoms with Gasteiger partial charge >= 0.3 is 12.1 Å². The minimum absolute atomic E-state index is 0.242. The third-order valence-corrected chi connectivity index (χ3v) is 6.17. The molecule has 3 amide bonds. The highest BCUT2D eigenvalue weighted by Gasteiger charge is 2.50. The number of aliphatic carboxylic acids is 1. The van der Waals surface area contributed by atoms with Crippen LogP contribution in [0.4, 0.5) is 4.79 Å². The molecule has 0 bridgehead atoms. The Morgan fingerprint density at radius 1 is 0.971 bits per heavy atom. The fourth-order valence-electron chi connectivity index (χ4n) is 4.33. The Labute approximate surface area is 196 Å². The molecule has 2 fully saturated rings. The Morgan fingerprint density at radius 3 is 2.21 bits per heavy atom. The van der Waals surface area contributed by atoms with Crippen LogP contribution < -0.4 is 4.74 Å². The number of para-hydroxylation sites is 1. The number of hydrogen-bond donors (Lipinski definition) is 1. The Morgan fingerprint density at radius 2 is 1.59 bits per heavy atom. The van der Waals surface area contributed by atoms with E-state index in [4.69, 9.17) is 9.47 Å². The van der Waals surface area contributed by atoms with Crippen molar-refractivity contribution in [2.75, 3.05) is 19.7 Å². The number of carbonyl (C=O) groups excluding carboxylic acids is 3. The molecule has 178 valence electrons. The molecule has 9 nitrogen and oxygen atoms in total. The maximum absolute atomic E-state index is 13.3. The average Bonchev–Trinajstić information content (AvgIpc) is 3.19. The first-order chi connectivity index (χ1) is 16.4. The summed E-state index contributed by atoms with van der Waals surface area (Å²) in [5.41, 5.74) is 0.843. The van der Waals surface area contributed by atoms with E-state index in [1.165, 1.54) is 4.90 Å². The van der Waals surface area contributed by atoms with E-state index in [-0.39, 0.29) is 26.1 Å². The van der Waals surface area contributed by atoms with E-state index < -0.39 is 41.9 Å². The number of imide groups is 1. The van der Waals surface area contributed by atoms with Crippen molar-refractivity contribution in [3.8, 4) is 5.75 Å². The summed E-state index contributed by atoms with van der Waals surface area (Å²) in [6, 6.07) is 17.1. The Bertz CT molecular complexity index is 1040. The molecule has 1 N–H and O–H groups in total. The smallest absolute Gasteiger partial charge is 0.417 e. The number of benzene rings is 2. The highest BCUT2D eigenvalue weighted by molar-refractivity contribution is 5.98. The van der Waals surface area contributed by atoms with Crippen LogP contribution in [-0.2, 0) is 25.5 Å². The van der Waals surface area contributed by atoms with Gasteiger partial charge in [0.2, 0.25) is 6.10 Å². The number of hydrogen-bond acceptors (Lipinski definition) is 6. The van der Waals surface area contributed by atoms with Crippen molar-refractivity contribution in [2.45, 2.75) is 31.4 Å². The van der Waals surface area contributed by atoms with Gasteiger partial charge in [-0.2, -0.15) is 0 Å². The van der Waals surface area contributed by atoms with Gasteiger partial charge in [0.05, 0.1) is 12.0 Å². The number of carboxylic acids is 1. The van der Waals surface area contributed by atoms with Crippen LogP contribution in [-0.4, -0.2) is 70.6 Å². The van der Waals surface area contributed by atoms with Crippen LogP contribution in [0.25, 0.3) is 0 Å². The summed E-state index contributed by atoms with van der Waals surface area (Å²) in [4.78, 5) is 52.8. The second-order valence-electron chi connectivity index (χ2n) is 8.36. The van der Waals surface area contributed by atoms with Crippen molar-refractivity contribution in [3.05, 3.63) is 66.2 Å². The van der Waals surface area contributed by atoms with Crippen LogP contribution in [0, 0.1) is 5.92 Å². The lowest BCUT2D eigenvalue weighted by Gasteiger charge is -2.32. The third kappa shape index (κ3) is 5.19. The minimum atomic E-state index is -1.17. The summed E-state index contributed by atoms with van der Waals surface area (Å²) in [5, 5.41) is 9.22. The van der Waals surface area contributed by atoms with Crippen molar-refractivity contribution >= 4 is 23.9 Å². The second-order valence-corrected chi connectivity index (χ2v) is 8.36. The summed E-state index contributed by atoms with van der Waals surface area (Å²) < 4.78 is 10.9. The minimum Gasteiger partial charge on any atom is -0.484 e. The lowest BCUT2D eigenvalue weighted by atomic mass is 9.95. The number of rotatable bonds is 7. The maximum Gasteiger partial charge on any atom is 0.417 e. The molecule has 4 rings (SSSR count). The Kier molecular flexibility index (Phi) is 7.10. The van der Waals surface area contributed by atoms with E-state index in [2.05, 4.69) is 0 Å². The topological polar surface area (TPSA) is 113 Å². The predicted molar refractivity (Wildman–Crippen MR) is 120 cm³/mol. The fourth-order valence-corrected chi connectivity index (χ4v) is 4.33. The number of cyclic esters (lactones) is 1. The van der Waals surface area contributed by atoms with E-state index in [1.807, 2.05) is 36.4 Å². The van der Waals surface area contributed by atoms with Gasteiger partial charge in [0, 0.05) is 13.1 Å². The number of ether oxygens (including phenoxy) is 2. The predicted octanol–water partition coefficient (Wildman–Crippen LogP) is 2.35. The molecule has 2 aromatic rings. The number of carbonyl (C=O) groups is 4. The molecule has 0 aromatic heterocycles. The van der Waals surface area contributed by atoms with Gasteiger partial charge in [-0.3, -0.25) is 14.4 Å². The molecule has 9 heteroatoms. The normalized spacial score (nSPS) is 20.6. The molecule has 2 aliphatic rings. The fraction of sp³-hybridized carbons (Fsp3) is 0.360. The molecule has 0 radical (unpaired) electrons. The number of amides is 3. The SMILES string of the molecule is O=C(O)C1CCN(C(=O)[C@@H]2OC(=O)N(C(=O)COc3ccccc3)[C@H]2Cc2ccccc2)CC1. The van der Waals surface area contributed by atoms with E-state index in [1.54, 1.807) is 24.3 Å². The molecule has 2 heterocycles. The molecule has 2 saturated heterocycles. The molecule has 2 aromatic carbocycles. The summed E-state index contributed by atoms with van der Waals surface area (Å²) in [6.45, 7) is 0.134. The van der Waals surface area contributed by atoms with Gasteiger partial charge in [0.25, 0.3) is 11.8 Å². The number of carboxylic acid groups (broad SMARTS) is 1. The Balaban J connectivity index is 1.51. The second kappa shape index (κ2) is 10.4. The standard InChI is InChI=1S/C25H26N2O7/c28-21(16-33-19-9-5-2-6-10-19)27-20(15-17-7-3-1-4-8-17)22(34-25(27)32)23(29)26-13-11-18(12-14-26)24(30)31/h1-10,18,20,22H,11-16H2,(H,30,31)/t20-,22+/m0/s1. The lowest BCUT2D eigenvalue weighted by molar-refractivity contribution is -0.148. The van der Waals surface area contributed by atoms with Gasteiger partial charge < -0.3 is 19.5 Å². The molecule has 0 aliphatic carbocycles. The van der Waals surface area contributed by atoms with E-state index in [9.17, 15) is 24.3 Å². The molecule has 2 aliphatic heterocycles. The zero-order valence-electron chi connectivity index (χ0n) is 18.5. The summed E-state index contributed by atoms with van der Waals surface area (Å²) in [6.07, 6.45) is -1.15. The number of piperidine rings is 1. The molecular weight excluding hydrogens is 440 g/mol. The quantitative estimate of drug-likeness (QED) is 0.666. The number of nitrogens with zero attached hydrogens (tertiary/aromatic N) is 2. The van der Waals surface area contributed by atoms with Gasteiger partial charge in [-0.1, -0.05) is 48.5 Å². The maximum atomic E-state index is 13.3. The molecule has 0 spiro atoms. The van der Waals surface area contributed by atoms with Crippen LogP contribution in [0.3, 0.4) is 0 Å². The molecule has 0 saturated carbocycles. The van der Waals surface area contributed by atoms with Crippen LogP contribution in [0.1, 0.15) is 18.4 Å². The summed E-state index contributed by atoms with van der Waals surface area (Å²) in [5.74, 6) is -1.91. The van der Waals surface area contributed by atoms with Gasteiger partial charge in [0.15, 0.2) is 6.61 Å². The first-order valence-electron chi connectivity index (χ1n) is 11.2. The average molecular weight is 466 g/mol. The van der Waals surface area contributed by atoms with Gasteiger partial charge in [-0.15, -0.1) is 0 Å². The first kappa shape index (κ1) is 23.3. The molecule has 0 unspecified atom stereocenters. The van der Waals surface area contributed by atoms with Crippen molar-refractivity contribution in [1.29, 1.82) is 0 Å². The van der Waals surface area contributed by atoms with Crippen LogP contribution in [0.2, 0.25) is 0 Å². The van der Waals surface area contributed by atoms with Crippen molar-refractivity contribution in [3.63, 3.8) is 0 Å². The largest absolute Gasteiger partial charge is 0.484 e. The zero-order chi connectivity index (χ0) is 24.1. The summed E-state index contributed by atoms with van der Waals surface area (Å²) in [7, 11) is 0. The monoisotopic (exact) mass is 466 g/mol. The first-order valence-corrected chi connectivity index (χ1v) is 11.2. The molecule has 34 heavy (non-hydrogen) atoms. The van der Waals surface area contributed by atoms with Crippen molar-refractivity contribution < 1.29 is 33.8 Å². The van der Waals surface area contributed by atoms with Gasteiger partial charge in [-0.05, 0) is 37.0 Å². The van der Waals surface area contributed by atoms with Gasteiger partial charge in [0.1, 0.15) is 5.75 Å². The Hall–Kier alpha value is -3.88. The zero-order valence-corrected chi connectivity index (χ0v) is 18.5. The van der Waals surface area contributed by atoms with E-state index in [0.717, 1.165) is 10.5 Å². The molecular formula is C25H26N2O7. The van der Waals surface area contributed by atoms with Crippen LogP contribution in [0.5, 0.6) is 5.75 Å². The molecule has 2 atom stereocenters. The van der Waals surface area contributed by atoms with Crippen molar-refractivity contribution in [2.24, 2.45) is 5.92 Å². The number of likely N-dealkylation sites (tertiary alicyclic amines) is 1. The van der Waals surface area contributed by atoms with Gasteiger partial charge in [-0.25, -0.2) is 9.69 Å². The van der Waals surface area contributed by atoms with Crippen LogP contribution in [0.15, 0.2) is 60.7 Å². The van der Waals surface area contributed by atoms with Crippen molar-refractivity contribution in [1.82, 2.24) is 9.80 Å². The van der Waals surface area contributed by atoms with E-state index in [0.29, 0.717) is 18.6 Å². The summed E-state index contributed by atoms with van der Waals surface area (Å²) >= 11 is 0. The third-order valence-electron chi connectivity index (χ3n) is 6.17. The highest BCUT2D eigenvalue weighted by atomic mass is 16.6. The van der Waals surface area contributed by atoms with E-state index >= 15 is 0 Å².